The van der Waals surface area contributed by atoms with Crippen LogP contribution in [0.4, 0.5) is 5.82 Å². The summed E-state index contributed by atoms with van der Waals surface area (Å²) < 4.78 is 5.27. The second-order valence-corrected chi connectivity index (χ2v) is 4.55. The van der Waals surface area contributed by atoms with Crippen LogP contribution in [0.5, 0.6) is 0 Å². The van der Waals surface area contributed by atoms with Gasteiger partial charge in [-0.2, -0.15) is 0 Å². The lowest BCUT2D eigenvalue weighted by atomic mass is 10.3. The third kappa shape index (κ3) is 5.16. The van der Waals surface area contributed by atoms with Gasteiger partial charge >= 0.3 is 0 Å². The summed E-state index contributed by atoms with van der Waals surface area (Å²) in [6, 6.07) is 1.71. The van der Waals surface area contributed by atoms with Crippen molar-refractivity contribution < 1.29 is 9.84 Å². The van der Waals surface area contributed by atoms with Crippen LogP contribution >= 0.6 is 11.6 Å². The fraction of sp³-hybridized carbons (Fsp3) is 0.667. The van der Waals surface area contributed by atoms with E-state index < -0.39 is 0 Å². The van der Waals surface area contributed by atoms with Gasteiger partial charge in [0, 0.05) is 26.3 Å². The maximum Gasteiger partial charge on any atom is 0.158 e. The fourth-order valence-electron chi connectivity index (χ4n) is 1.40. The molecule has 0 aromatic carbocycles. The molecular weight excluding hydrogens is 254 g/mol. The molecule has 1 atom stereocenters. The van der Waals surface area contributed by atoms with E-state index in [0.29, 0.717) is 37.2 Å². The number of hydrogen-bond donors (Lipinski definition) is 1. The summed E-state index contributed by atoms with van der Waals surface area (Å²) in [5.41, 5.74) is 0. The molecule has 5 nitrogen and oxygen atoms in total. The molecule has 0 saturated heterocycles. The van der Waals surface area contributed by atoms with E-state index in [1.165, 1.54) is 0 Å². The fourth-order valence-corrected chi connectivity index (χ4v) is 1.60. The number of halogens is 1. The normalized spacial score (nSPS) is 12.5. The van der Waals surface area contributed by atoms with Gasteiger partial charge < -0.3 is 14.7 Å². The second kappa shape index (κ2) is 7.51. The highest BCUT2D eigenvalue weighted by atomic mass is 35.5. The van der Waals surface area contributed by atoms with Gasteiger partial charge in [0.2, 0.25) is 0 Å². The number of anilines is 1. The van der Waals surface area contributed by atoms with Gasteiger partial charge in [-0.25, -0.2) is 9.97 Å². The van der Waals surface area contributed by atoms with E-state index in [1.807, 2.05) is 18.9 Å². The Morgan fingerprint density at radius 2 is 2.22 bits per heavy atom. The molecule has 0 aliphatic rings. The minimum Gasteiger partial charge on any atom is -0.393 e. The maximum absolute atomic E-state index is 9.27. The van der Waals surface area contributed by atoms with Crippen LogP contribution in [0.3, 0.4) is 0 Å². The first kappa shape index (κ1) is 15.1. The van der Waals surface area contributed by atoms with Gasteiger partial charge in [-0.15, -0.1) is 0 Å². The Bertz CT molecular complexity index is 374. The predicted molar refractivity (Wildman–Crippen MR) is 71.9 cm³/mol. The third-order valence-electron chi connectivity index (χ3n) is 2.44. The molecule has 6 heteroatoms. The van der Waals surface area contributed by atoms with Crippen LogP contribution in [0.15, 0.2) is 6.07 Å². The van der Waals surface area contributed by atoms with Crippen LogP contribution in [0, 0.1) is 0 Å². The van der Waals surface area contributed by atoms with E-state index in [2.05, 4.69) is 9.97 Å². The standard InChI is InChI=1S/C12H20ClN3O2/c1-4-18-8-11-14-10(13)7-12(15-11)16(3)6-5-9(2)17/h7,9,17H,4-6,8H2,1-3H3. The van der Waals surface area contributed by atoms with Crippen molar-refractivity contribution >= 4 is 17.4 Å². The van der Waals surface area contributed by atoms with Crippen LogP contribution in [-0.4, -0.2) is 41.4 Å². The van der Waals surface area contributed by atoms with Gasteiger partial charge in [0.1, 0.15) is 17.6 Å². The van der Waals surface area contributed by atoms with Gasteiger partial charge in [-0.1, -0.05) is 11.6 Å². The molecule has 1 heterocycles. The Labute approximate surface area is 113 Å². The molecule has 0 bridgehead atoms. The Hall–Kier alpha value is -0.910. The van der Waals surface area contributed by atoms with E-state index in [1.54, 1.807) is 13.0 Å². The van der Waals surface area contributed by atoms with Gasteiger partial charge in [-0.05, 0) is 20.3 Å². The summed E-state index contributed by atoms with van der Waals surface area (Å²) >= 11 is 5.95. The van der Waals surface area contributed by atoms with E-state index in [-0.39, 0.29) is 6.10 Å². The molecule has 1 aromatic heterocycles. The van der Waals surface area contributed by atoms with Crippen LogP contribution in [-0.2, 0) is 11.3 Å². The highest BCUT2D eigenvalue weighted by Crippen LogP contribution is 2.16. The minimum absolute atomic E-state index is 0.326. The van der Waals surface area contributed by atoms with Crippen LogP contribution < -0.4 is 4.90 Å². The van der Waals surface area contributed by atoms with Gasteiger partial charge in [0.25, 0.3) is 0 Å². The zero-order valence-electron chi connectivity index (χ0n) is 11.1. The smallest absolute Gasteiger partial charge is 0.158 e. The Morgan fingerprint density at radius 3 is 2.83 bits per heavy atom. The summed E-state index contributed by atoms with van der Waals surface area (Å²) in [6.07, 6.45) is 0.353. The zero-order valence-corrected chi connectivity index (χ0v) is 11.8. The van der Waals surface area contributed by atoms with Crippen molar-refractivity contribution in [1.29, 1.82) is 0 Å². The summed E-state index contributed by atoms with van der Waals surface area (Å²) in [5, 5.41) is 9.67. The average molecular weight is 274 g/mol. The van der Waals surface area contributed by atoms with E-state index in [4.69, 9.17) is 16.3 Å². The Morgan fingerprint density at radius 1 is 1.50 bits per heavy atom. The summed E-state index contributed by atoms with van der Waals surface area (Å²) in [5.74, 6) is 1.31. The molecule has 0 saturated carbocycles. The van der Waals surface area contributed by atoms with Crippen molar-refractivity contribution in [1.82, 2.24) is 9.97 Å². The number of nitrogens with zero attached hydrogens (tertiary/aromatic N) is 3. The van der Waals surface area contributed by atoms with Crippen molar-refractivity contribution in [3.8, 4) is 0 Å². The van der Waals surface area contributed by atoms with Gasteiger partial charge in [0.05, 0.1) is 6.10 Å². The topological polar surface area (TPSA) is 58.5 Å². The SMILES string of the molecule is CCOCc1nc(Cl)cc(N(C)CCC(C)O)n1. The summed E-state index contributed by atoms with van der Waals surface area (Å²) in [6.45, 7) is 5.36. The molecule has 0 aliphatic carbocycles. The number of rotatable bonds is 7. The van der Waals surface area contributed by atoms with Crippen molar-refractivity contribution in [3.63, 3.8) is 0 Å². The first-order valence-corrected chi connectivity index (χ1v) is 6.41. The average Bonchev–Trinajstić information content (AvgIpc) is 2.32. The van der Waals surface area contributed by atoms with Crippen LogP contribution in [0.1, 0.15) is 26.1 Å². The van der Waals surface area contributed by atoms with Crippen molar-refractivity contribution in [2.24, 2.45) is 0 Å². The van der Waals surface area contributed by atoms with Gasteiger partial charge in [0.15, 0.2) is 5.82 Å². The molecule has 0 radical (unpaired) electrons. The number of hydrogen-bond acceptors (Lipinski definition) is 5. The highest BCUT2D eigenvalue weighted by Gasteiger charge is 2.08. The van der Waals surface area contributed by atoms with Crippen LogP contribution in [0.2, 0.25) is 5.15 Å². The molecule has 0 aliphatic heterocycles. The predicted octanol–water partition coefficient (Wildman–Crippen LogP) is 1.87. The largest absolute Gasteiger partial charge is 0.393 e. The molecule has 1 unspecified atom stereocenters. The highest BCUT2D eigenvalue weighted by molar-refractivity contribution is 6.29. The first-order valence-electron chi connectivity index (χ1n) is 6.03. The minimum atomic E-state index is -0.326. The van der Waals surface area contributed by atoms with Crippen molar-refractivity contribution in [3.05, 3.63) is 17.0 Å². The van der Waals surface area contributed by atoms with Crippen molar-refractivity contribution in [2.45, 2.75) is 33.0 Å². The van der Waals surface area contributed by atoms with E-state index >= 15 is 0 Å². The molecular formula is C12H20ClN3O2. The van der Waals surface area contributed by atoms with E-state index in [9.17, 15) is 5.11 Å². The van der Waals surface area contributed by atoms with Gasteiger partial charge in [-0.3, -0.25) is 0 Å². The summed E-state index contributed by atoms with van der Waals surface area (Å²) in [7, 11) is 1.91. The van der Waals surface area contributed by atoms with E-state index in [0.717, 1.165) is 5.82 Å². The molecule has 0 spiro atoms. The number of aliphatic hydroxyl groups excluding tert-OH is 1. The maximum atomic E-state index is 9.27. The first-order chi connectivity index (χ1) is 8.52. The van der Waals surface area contributed by atoms with Crippen molar-refractivity contribution in [2.75, 3.05) is 25.1 Å². The quantitative estimate of drug-likeness (QED) is 0.769. The molecule has 1 aromatic rings. The number of ether oxygens (including phenoxy) is 1. The second-order valence-electron chi connectivity index (χ2n) is 4.16. The lowest BCUT2D eigenvalue weighted by Crippen LogP contribution is -2.23. The third-order valence-corrected chi connectivity index (χ3v) is 2.63. The van der Waals surface area contributed by atoms with Crippen LogP contribution in [0.25, 0.3) is 0 Å². The lowest BCUT2D eigenvalue weighted by molar-refractivity contribution is 0.128. The number of aliphatic hydroxyl groups is 1. The lowest BCUT2D eigenvalue weighted by Gasteiger charge is -2.19. The molecule has 0 amide bonds. The molecule has 0 fully saturated rings. The molecule has 102 valence electrons. The molecule has 18 heavy (non-hydrogen) atoms. The molecule has 1 rings (SSSR count). The molecule has 1 N–H and O–H groups in total. The zero-order chi connectivity index (χ0) is 13.5. The number of aromatic nitrogens is 2. The Kier molecular flexibility index (Phi) is 6.32. The Balaban J connectivity index is 2.71. The monoisotopic (exact) mass is 273 g/mol. The summed E-state index contributed by atoms with van der Waals surface area (Å²) in [4.78, 5) is 10.4.